The van der Waals surface area contributed by atoms with Gasteiger partial charge in [0.15, 0.2) is 0 Å². The van der Waals surface area contributed by atoms with Crippen LogP contribution in [0.25, 0.3) is 0 Å². The number of likely N-dealkylation sites (N-methyl/N-ethyl adjacent to an activating group) is 1. The second-order valence-corrected chi connectivity index (χ2v) is 4.62. The predicted molar refractivity (Wildman–Crippen MR) is 61.4 cm³/mol. The van der Waals surface area contributed by atoms with Crippen LogP contribution < -0.4 is 5.73 Å². The third-order valence-electron chi connectivity index (χ3n) is 3.50. The zero-order valence-electron chi connectivity index (χ0n) is 9.87. The Balaban J connectivity index is 2.34. The minimum atomic E-state index is 0.610. The average molecular weight is 199 g/mol. The molecular formula is C11H25N3. The van der Waals surface area contributed by atoms with Crippen LogP contribution >= 0.6 is 0 Å². The highest BCUT2D eigenvalue weighted by atomic mass is 15.2. The van der Waals surface area contributed by atoms with E-state index in [0.717, 1.165) is 19.0 Å². The van der Waals surface area contributed by atoms with E-state index >= 15 is 0 Å². The number of hydrogen-bond donors (Lipinski definition) is 1. The maximum absolute atomic E-state index is 5.76. The summed E-state index contributed by atoms with van der Waals surface area (Å²) in [6.45, 7) is 6.63. The third-order valence-corrected chi connectivity index (χ3v) is 3.50. The van der Waals surface area contributed by atoms with Crippen LogP contribution in [0.4, 0.5) is 0 Å². The van der Waals surface area contributed by atoms with Crippen molar-refractivity contribution in [2.75, 3.05) is 40.3 Å². The van der Waals surface area contributed by atoms with Crippen LogP contribution in [-0.2, 0) is 0 Å². The van der Waals surface area contributed by atoms with Gasteiger partial charge in [0.1, 0.15) is 0 Å². The van der Waals surface area contributed by atoms with Crippen molar-refractivity contribution < 1.29 is 0 Å². The van der Waals surface area contributed by atoms with Gasteiger partial charge in [-0.25, -0.2) is 0 Å². The van der Waals surface area contributed by atoms with E-state index in [9.17, 15) is 0 Å². The van der Waals surface area contributed by atoms with Crippen LogP contribution in [0, 0.1) is 5.92 Å². The summed E-state index contributed by atoms with van der Waals surface area (Å²) in [5.41, 5.74) is 5.76. The molecule has 1 heterocycles. The van der Waals surface area contributed by atoms with Gasteiger partial charge in [-0.2, -0.15) is 0 Å². The number of likely N-dealkylation sites (tertiary alicyclic amines) is 1. The summed E-state index contributed by atoms with van der Waals surface area (Å²) in [4.78, 5) is 4.81. The third kappa shape index (κ3) is 3.23. The van der Waals surface area contributed by atoms with E-state index in [2.05, 4.69) is 30.8 Å². The summed E-state index contributed by atoms with van der Waals surface area (Å²) in [5, 5.41) is 0. The maximum atomic E-state index is 5.76. The van der Waals surface area contributed by atoms with Gasteiger partial charge in [-0.1, -0.05) is 6.92 Å². The lowest BCUT2D eigenvalue weighted by atomic mass is 9.91. The fourth-order valence-electron chi connectivity index (χ4n) is 2.26. The van der Waals surface area contributed by atoms with Crippen LogP contribution in [0.3, 0.4) is 0 Å². The first-order valence-electron chi connectivity index (χ1n) is 5.76. The van der Waals surface area contributed by atoms with Crippen molar-refractivity contribution in [3.63, 3.8) is 0 Å². The van der Waals surface area contributed by atoms with Gasteiger partial charge in [0.05, 0.1) is 0 Å². The molecule has 0 spiro atoms. The van der Waals surface area contributed by atoms with Gasteiger partial charge >= 0.3 is 0 Å². The molecule has 0 bridgehead atoms. The molecule has 2 N–H and O–H groups in total. The number of hydrogen-bond acceptors (Lipinski definition) is 3. The smallest absolute Gasteiger partial charge is 0.0218 e. The Morgan fingerprint density at radius 2 is 2.21 bits per heavy atom. The predicted octanol–water partition coefficient (Wildman–Crippen LogP) is 0.607. The van der Waals surface area contributed by atoms with Gasteiger partial charge in [0.2, 0.25) is 0 Å². The first kappa shape index (κ1) is 12.0. The molecule has 0 aromatic rings. The SMILES string of the molecule is CCN(C)CC1CCN(C)C(CN)C1. The van der Waals surface area contributed by atoms with Gasteiger partial charge in [-0.3, -0.25) is 0 Å². The van der Waals surface area contributed by atoms with Crippen molar-refractivity contribution in [3.8, 4) is 0 Å². The standard InChI is InChI=1S/C11H25N3/c1-4-13(2)9-10-5-6-14(3)11(7-10)8-12/h10-11H,4-9,12H2,1-3H3. The monoisotopic (exact) mass is 199 g/mol. The van der Waals surface area contributed by atoms with E-state index in [1.165, 1.54) is 25.9 Å². The minimum absolute atomic E-state index is 0.610. The van der Waals surface area contributed by atoms with Gasteiger partial charge in [-0.05, 0) is 45.9 Å². The fourth-order valence-corrected chi connectivity index (χ4v) is 2.26. The van der Waals surface area contributed by atoms with Crippen molar-refractivity contribution in [3.05, 3.63) is 0 Å². The van der Waals surface area contributed by atoms with Crippen molar-refractivity contribution in [1.29, 1.82) is 0 Å². The summed E-state index contributed by atoms with van der Waals surface area (Å²) >= 11 is 0. The zero-order chi connectivity index (χ0) is 10.6. The molecule has 0 aliphatic carbocycles. The van der Waals surface area contributed by atoms with Gasteiger partial charge in [-0.15, -0.1) is 0 Å². The molecule has 3 nitrogen and oxygen atoms in total. The van der Waals surface area contributed by atoms with Crippen LogP contribution in [0.1, 0.15) is 19.8 Å². The first-order valence-corrected chi connectivity index (χ1v) is 5.76. The Labute approximate surface area is 88.2 Å². The number of nitrogens with zero attached hydrogens (tertiary/aromatic N) is 2. The second-order valence-electron chi connectivity index (χ2n) is 4.62. The molecule has 2 atom stereocenters. The van der Waals surface area contributed by atoms with Gasteiger partial charge in [0.25, 0.3) is 0 Å². The van der Waals surface area contributed by atoms with E-state index in [-0.39, 0.29) is 0 Å². The molecule has 0 saturated carbocycles. The highest BCUT2D eigenvalue weighted by Gasteiger charge is 2.25. The molecule has 0 radical (unpaired) electrons. The Morgan fingerprint density at radius 3 is 2.79 bits per heavy atom. The summed E-state index contributed by atoms with van der Waals surface area (Å²) in [6.07, 6.45) is 2.61. The molecule has 0 aromatic carbocycles. The molecule has 1 saturated heterocycles. The van der Waals surface area contributed by atoms with Gasteiger partial charge < -0.3 is 15.5 Å². The largest absolute Gasteiger partial charge is 0.329 e. The molecule has 84 valence electrons. The van der Waals surface area contributed by atoms with E-state index in [1.807, 2.05) is 0 Å². The number of nitrogens with two attached hydrogens (primary N) is 1. The zero-order valence-corrected chi connectivity index (χ0v) is 9.87. The topological polar surface area (TPSA) is 32.5 Å². The quantitative estimate of drug-likeness (QED) is 0.720. The maximum Gasteiger partial charge on any atom is 0.0218 e. The summed E-state index contributed by atoms with van der Waals surface area (Å²) in [6, 6.07) is 0.610. The van der Waals surface area contributed by atoms with Crippen LogP contribution in [0.5, 0.6) is 0 Å². The highest BCUT2D eigenvalue weighted by Crippen LogP contribution is 2.21. The van der Waals surface area contributed by atoms with Crippen LogP contribution in [0.2, 0.25) is 0 Å². The van der Waals surface area contributed by atoms with E-state index in [4.69, 9.17) is 5.73 Å². The summed E-state index contributed by atoms with van der Waals surface area (Å²) in [7, 11) is 4.40. The lowest BCUT2D eigenvalue weighted by Crippen LogP contribution is -2.46. The summed E-state index contributed by atoms with van der Waals surface area (Å²) in [5.74, 6) is 0.852. The first-order chi connectivity index (χ1) is 6.67. The molecule has 1 fully saturated rings. The molecule has 0 amide bonds. The minimum Gasteiger partial charge on any atom is -0.329 e. The number of piperidine rings is 1. The molecule has 3 heteroatoms. The van der Waals surface area contributed by atoms with E-state index < -0.39 is 0 Å². The second kappa shape index (κ2) is 5.69. The molecule has 1 aliphatic heterocycles. The normalized spacial score (nSPS) is 29.8. The van der Waals surface area contributed by atoms with Crippen molar-refractivity contribution in [2.45, 2.75) is 25.8 Å². The molecule has 1 aliphatic rings. The van der Waals surface area contributed by atoms with Crippen LogP contribution in [-0.4, -0.2) is 56.1 Å². The molecule has 0 aromatic heterocycles. The van der Waals surface area contributed by atoms with Crippen molar-refractivity contribution in [1.82, 2.24) is 9.80 Å². The molecule has 1 rings (SSSR count). The average Bonchev–Trinajstić information content (AvgIpc) is 2.20. The van der Waals surface area contributed by atoms with Crippen molar-refractivity contribution in [2.24, 2.45) is 11.7 Å². The fraction of sp³-hybridized carbons (Fsp3) is 1.00. The van der Waals surface area contributed by atoms with Crippen molar-refractivity contribution >= 4 is 0 Å². The van der Waals surface area contributed by atoms with Crippen LogP contribution in [0.15, 0.2) is 0 Å². The Bertz CT molecular complexity index is 161. The Morgan fingerprint density at radius 1 is 1.50 bits per heavy atom. The highest BCUT2D eigenvalue weighted by molar-refractivity contribution is 4.81. The lowest BCUT2D eigenvalue weighted by molar-refractivity contribution is 0.124. The summed E-state index contributed by atoms with van der Waals surface area (Å²) < 4.78 is 0. The lowest BCUT2D eigenvalue weighted by Gasteiger charge is -2.37. The molecular weight excluding hydrogens is 174 g/mol. The Hall–Kier alpha value is -0.120. The molecule has 14 heavy (non-hydrogen) atoms. The van der Waals surface area contributed by atoms with Gasteiger partial charge in [0, 0.05) is 19.1 Å². The van der Waals surface area contributed by atoms with E-state index in [0.29, 0.717) is 6.04 Å². The Kier molecular flexibility index (Phi) is 4.85. The molecule has 2 unspecified atom stereocenters. The van der Waals surface area contributed by atoms with E-state index in [1.54, 1.807) is 0 Å². The number of rotatable bonds is 4.